The molecule has 0 radical (unpaired) electrons. The second-order valence-electron chi connectivity index (χ2n) is 19.1. The van der Waals surface area contributed by atoms with Crippen molar-refractivity contribution < 1.29 is 4.74 Å². The van der Waals surface area contributed by atoms with E-state index in [9.17, 15) is 0 Å². The molecule has 0 spiro atoms. The minimum absolute atomic E-state index is 0.313. The summed E-state index contributed by atoms with van der Waals surface area (Å²) in [5, 5.41) is 0. The van der Waals surface area contributed by atoms with Crippen LogP contribution in [-0.4, -0.2) is 82.8 Å². The van der Waals surface area contributed by atoms with Crippen LogP contribution in [0.1, 0.15) is 150 Å². The molecule has 6 atom stereocenters. The quantitative estimate of drug-likeness (QED) is 0.323. The van der Waals surface area contributed by atoms with Gasteiger partial charge in [-0.15, -0.1) is 0 Å². The van der Waals surface area contributed by atoms with Gasteiger partial charge in [0.1, 0.15) is 0 Å². The van der Waals surface area contributed by atoms with E-state index in [-0.39, 0.29) is 0 Å². The van der Waals surface area contributed by atoms with Crippen molar-refractivity contribution in [3.05, 3.63) is 0 Å². The third-order valence-electron chi connectivity index (χ3n) is 10.1. The third-order valence-corrected chi connectivity index (χ3v) is 10.1. The van der Waals surface area contributed by atoms with Gasteiger partial charge in [-0.25, -0.2) is 0 Å². The van der Waals surface area contributed by atoms with Crippen LogP contribution in [0.4, 0.5) is 0 Å². The normalized spacial score (nSPS) is 30.5. The van der Waals surface area contributed by atoms with Gasteiger partial charge in [-0.3, -0.25) is 14.7 Å². The zero-order valence-electron chi connectivity index (χ0n) is 32.3. The Kier molecular flexibility index (Phi) is 14.6. The molecule has 252 valence electrons. The van der Waals surface area contributed by atoms with Gasteiger partial charge in [-0.2, -0.15) is 0 Å². The second kappa shape index (κ2) is 15.4. The maximum absolute atomic E-state index is 5.26. The summed E-state index contributed by atoms with van der Waals surface area (Å²) in [6, 6.07) is 3.67. The summed E-state index contributed by atoms with van der Waals surface area (Å²) < 4.78 is 5.26. The zero-order chi connectivity index (χ0) is 33.0. The van der Waals surface area contributed by atoms with Crippen LogP contribution in [0.25, 0.3) is 0 Å². The Morgan fingerprint density at radius 3 is 1.52 bits per heavy atom. The highest BCUT2D eigenvalue weighted by molar-refractivity contribution is 4.98. The molecule has 0 aliphatic carbocycles. The van der Waals surface area contributed by atoms with Crippen LogP contribution in [0.2, 0.25) is 0 Å². The monoisotopic (exact) mass is 594 g/mol. The molecule has 0 aromatic carbocycles. The Bertz CT molecular complexity index is 709. The fourth-order valence-corrected chi connectivity index (χ4v) is 8.16. The summed E-state index contributed by atoms with van der Waals surface area (Å²) in [5.74, 6) is 2.37. The van der Waals surface area contributed by atoms with E-state index >= 15 is 0 Å². The number of methoxy groups -OCH3 is 1. The van der Waals surface area contributed by atoms with Gasteiger partial charge < -0.3 is 4.74 Å². The number of hydrogen-bond acceptors (Lipinski definition) is 4. The number of nitrogens with zero attached hydrogens (tertiary/aromatic N) is 3. The highest BCUT2D eigenvalue weighted by Gasteiger charge is 2.43. The second-order valence-corrected chi connectivity index (χ2v) is 19.1. The van der Waals surface area contributed by atoms with Gasteiger partial charge in [-0.05, 0) is 117 Å². The standard InChI is InChI=1S/2C13H27N.C12H25NO/c1-10-8-11(12(2,3)4)14(9-10)13(5,6)7;1-10-8-9-11(12(2,3)4)14(10)13(5,6)7;1-9(2)12-6-11(8-14-5)7-13(12)10(3)4/h2*10-11H,8-9H2,1-7H3;9-12H,6-8H2,1-5H3. The largest absolute Gasteiger partial charge is 0.384 e. The highest BCUT2D eigenvalue weighted by atomic mass is 16.5. The van der Waals surface area contributed by atoms with Crippen molar-refractivity contribution in [2.24, 2.45) is 28.6 Å². The van der Waals surface area contributed by atoms with Gasteiger partial charge in [-0.1, -0.05) is 62.3 Å². The summed E-state index contributed by atoms with van der Waals surface area (Å²) in [6.45, 7) is 45.7. The van der Waals surface area contributed by atoms with Gasteiger partial charge in [0.2, 0.25) is 0 Å². The summed E-state index contributed by atoms with van der Waals surface area (Å²) >= 11 is 0. The molecular weight excluding hydrogens is 514 g/mol. The van der Waals surface area contributed by atoms with E-state index in [1.807, 2.05) is 7.11 Å². The first-order valence-electron chi connectivity index (χ1n) is 17.6. The third kappa shape index (κ3) is 11.6. The molecule has 4 heteroatoms. The molecule has 3 rings (SSSR count). The summed E-state index contributed by atoms with van der Waals surface area (Å²) in [6.07, 6.45) is 5.39. The Morgan fingerprint density at radius 1 is 0.690 bits per heavy atom. The van der Waals surface area contributed by atoms with Crippen molar-refractivity contribution in [1.29, 1.82) is 0 Å². The van der Waals surface area contributed by atoms with Crippen LogP contribution < -0.4 is 0 Å². The fourth-order valence-electron chi connectivity index (χ4n) is 8.16. The molecule has 4 nitrogen and oxygen atoms in total. The van der Waals surface area contributed by atoms with Crippen LogP contribution in [0.3, 0.4) is 0 Å². The predicted molar refractivity (Wildman–Crippen MR) is 187 cm³/mol. The molecule has 6 unspecified atom stereocenters. The van der Waals surface area contributed by atoms with E-state index in [0.29, 0.717) is 27.9 Å². The maximum Gasteiger partial charge on any atom is 0.0503 e. The van der Waals surface area contributed by atoms with Crippen molar-refractivity contribution in [3.63, 3.8) is 0 Å². The number of likely N-dealkylation sites (tertiary alicyclic amines) is 3. The zero-order valence-corrected chi connectivity index (χ0v) is 32.3. The van der Waals surface area contributed by atoms with Crippen LogP contribution in [0, 0.1) is 28.6 Å². The smallest absolute Gasteiger partial charge is 0.0503 e. The molecule has 3 aliphatic heterocycles. The number of ether oxygens (including phenoxy) is 1. The van der Waals surface area contributed by atoms with Gasteiger partial charge in [0.05, 0.1) is 6.61 Å². The van der Waals surface area contributed by atoms with Crippen LogP contribution in [-0.2, 0) is 4.74 Å². The highest BCUT2D eigenvalue weighted by Crippen LogP contribution is 2.41. The first kappa shape index (κ1) is 39.9. The maximum atomic E-state index is 5.26. The van der Waals surface area contributed by atoms with Gasteiger partial charge in [0, 0.05) is 61.5 Å². The average Bonchev–Trinajstić information content (AvgIpc) is 3.50. The van der Waals surface area contributed by atoms with E-state index in [1.165, 1.54) is 38.8 Å². The molecule has 0 bridgehead atoms. The molecule has 3 aliphatic rings. The SMILES string of the molecule is CC1CC(C(C)(C)C)N(C(C)(C)C)C1.CC1CCC(C(C)(C)C)N1C(C)(C)C.COCC1CC(C(C)C)N(C(C)C)C1. The molecule has 3 heterocycles. The Labute approximate surface area is 266 Å². The van der Waals surface area contributed by atoms with Crippen molar-refractivity contribution in [3.8, 4) is 0 Å². The van der Waals surface area contributed by atoms with Gasteiger partial charge >= 0.3 is 0 Å². The van der Waals surface area contributed by atoms with Crippen LogP contribution >= 0.6 is 0 Å². The molecule has 0 aromatic heterocycles. The van der Waals surface area contributed by atoms with E-state index in [0.717, 1.165) is 48.5 Å². The molecule has 0 amide bonds. The average molecular weight is 594 g/mol. The van der Waals surface area contributed by atoms with Crippen molar-refractivity contribution >= 4 is 0 Å². The predicted octanol–water partition coefficient (Wildman–Crippen LogP) is 9.61. The molecule has 3 saturated heterocycles. The lowest BCUT2D eigenvalue weighted by Gasteiger charge is -2.45. The molecule has 42 heavy (non-hydrogen) atoms. The molecule has 0 N–H and O–H groups in total. The lowest BCUT2D eigenvalue weighted by molar-refractivity contribution is 0.0308. The van der Waals surface area contributed by atoms with Crippen LogP contribution in [0.15, 0.2) is 0 Å². The van der Waals surface area contributed by atoms with Gasteiger partial charge in [0.25, 0.3) is 0 Å². The Morgan fingerprint density at radius 2 is 1.21 bits per heavy atom. The molecule has 0 saturated carbocycles. The Balaban J connectivity index is 0.000000315. The lowest BCUT2D eigenvalue weighted by atomic mass is 9.83. The molecule has 0 aromatic rings. The van der Waals surface area contributed by atoms with E-state index in [1.54, 1.807) is 0 Å². The fraction of sp³-hybridized carbons (Fsp3) is 1.00. The van der Waals surface area contributed by atoms with Crippen molar-refractivity contribution in [2.75, 3.05) is 26.8 Å². The summed E-state index contributed by atoms with van der Waals surface area (Å²) in [5.41, 5.74) is 1.46. The summed E-state index contributed by atoms with van der Waals surface area (Å²) in [4.78, 5) is 8.04. The first-order valence-corrected chi connectivity index (χ1v) is 17.6. The minimum Gasteiger partial charge on any atom is -0.384 e. The first-order chi connectivity index (χ1) is 18.8. The van der Waals surface area contributed by atoms with Gasteiger partial charge in [0.15, 0.2) is 0 Å². The minimum atomic E-state index is 0.313. The number of rotatable bonds is 4. The lowest BCUT2D eigenvalue weighted by Crippen LogP contribution is -2.52. The summed E-state index contributed by atoms with van der Waals surface area (Å²) in [7, 11) is 1.81. The van der Waals surface area contributed by atoms with Crippen molar-refractivity contribution in [1.82, 2.24) is 14.7 Å². The van der Waals surface area contributed by atoms with E-state index in [2.05, 4.69) is 139 Å². The van der Waals surface area contributed by atoms with Crippen LogP contribution in [0.5, 0.6) is 0 Å². The topological polar surface area (TPSA) is 19.0 Å². The molecule has 3 fully saturated rings. The molecular formula is C38H79N3O. The van der Waals surface area contributed by atoms with Crippen molar-refractivity contribution in [2.45, 2.75) is 192 Å². The number of hydrogen-bond donors (Lipinski definition) is 0. The van der Waals surface area contributed by atoms with E-state index < -0.39 is 0 Å². The van der Waals surface area contributed by atoms with E-state index in [4.69, 9.17) is 4.74 Å². The Hall–Kier alpha value is -0.160.